The highest BCUT2D eigenvalue weighted by atomic mass is 19.1. The van der Waals surface area contributed by atoms with Gasteiger partial charge >= 0.3 is 0 Å². The molecule has 0 radical (unpaired) electrons. The summed E-state index contributed by atoms with van der Waals surface area (Å²) >= 11 is 0. The zero-order chi connectivity index (χ0) is 21.1. The first-order valence-electron chi connectivity index (χ1n) is 9.84. The van der Waals surface area contributed by atoms with Crippen molar-refractivity contribution >= 4 is 22.5 Å². The van der Waals surface area contributed by atoms with Gasteiger partial charge in [-0.2, -0.15) is 0 Å². The fraction of sp³-hybridized carbons (Fsp3) is 0.217. The number of hydrogen-bond donors (Lipinski definition) is 1. The first-order chi connectivity index (χ1) is 14.6. The van der Waals surface area contributed by atoms with Crippen LogP contribution in [0, 0.1) is 5.82 Å². The number of amides is 1. The van der Waals surface area contributed by atoms with Crippen LogP contribution >= 0.6 is 0 Å². The molecule has 0 bridgehead atoms. The second-order valence-corrected chi connectivity index (χ2v) is 6.96. The highest BCUT2D eigenvalue weighted by Gasteiger charge is 2.12. The number of benzene rings is 2. The summed E-state index contributed by atoms with van der Waals surface area (Å²) in [5.74, 6) is 0.171. The largest absolute Gasteiger partial charge is 0.494 e. The van der Waals surface area contributed by atoms with Gasteiger partial charge in [0.15, 0.2) is 0 Å². The Labute approximate surface area is 172 Å². The normalized spacial score (nSPS) is 11.1. The zero-order valence-corrected chi connectivity index (χ0v) is 16.6. The molecule has 6 nitrogen and oxygen atoms in total. The van der Waals surface area contributed by atoms with Gasteiger partial charge in [0.25, 0.3) is 5.56 Å². The Morgan fingerprint density at radius 1 is 1.07 bits per heavy atom. The number of carbonyl (C=O) groups is 1. The molecule has 154 valence electrons. The number of carbonyl (C=O) groups excluding carboxylic acids is 1. The Kier molecular flexibility index (Phi) is 5.52. The van der Waals surface area contributed by atoms with Crippen LogP contribution in [0.2, 0.25) is 0 Å². The molecule has 30 heavy (non-hydrogen) atoms. The van der Waals surface area contributed by atoms with Gasteiger partial charge in [0, 0.05) is 25.7 Å². The van der Waals surface area contributed by atoms with Crippen molar-refractivity contribution in [1.29, 1.82) is 0 Å². The van der Waals surface area contributed by atoms with Crippen LogP contribution in [0.1, 0.15) is 18.9 Å². The summed E-state index contributed by atoms with van der Waals surface area (Å²) in [5, 5.41) is 2.86. The van der Waals surface area contributed by atoms with E-state index in [0.717, 1.165) is 11.3 Å². The maximum atomic E-state index is 13.8. The van der Waals surface area contributed by atoms with Crippen molar-refractivity contribution in [1.82, 2.24) is 14.3 Å². The number of halogens is 1. The number of nitrogens with zero attached hydrogens (tertiary/aromatic N) is 2. The SMILES string of the molecule is CCOc1ccc(CNC(=O)CCn2c(=O)c3cccn3c3ccc(F)cc32)cc1. The Balaban J connectivity index is 1.48. The van der Waals surface area contributed by atoms with E-state index in [2.05, 4.69) is 5.32 Å². The third kappa shape index (κ3) is 3.91. The minimum atomic E-state index is -0.429. The fourth-order valence-corrected chi connectivity index (χ4v) is 3.52. The first-order valence-corrected chi connectivity index (χ1v) is 9.84. The van der Waals surface area contributed by atoms with E-state index in [1.807, 2.05) is 31.2 Å². The first kappa shape index (κ1) is 19.7. The van der Waals surface area contributed by atoms with Crippen LogP contribution in [0.4, 0.5) is 4.39 Å². The van der Waals surface area contributed by atoms with Gasteiger partial charge in [-0.25, -0.2) is 4.39 Å². The maximum absolute atomic E-state index is 13.8. The van der Waals surface area contributed by atoms with Gasteiger partial charge in [-0.15, -0.1) is 0 Å². The van der Waals surface area contributed by atoms with E-state index in [4.69, 9.17) is 4.74 Å². The van der Waals surface area contributed by atoms with E-state index >= 15 is 0 Å². The lowest BCUT2D eigenvalue weighted by Gasteiger charge is -2.13. The average molecular weight is 407 g/mol. The highest BCUT2D eigenvalue weighted by Crippen LogP contribution is 2.17. The molecule has 1 N–H and O–H groups in total. The summed E-state index contributed by atoms with van der Waals surface area (Å²) in [6, 6.07) is 15.3. The van der Waals surface area contributed by atoms with Crippen LogP contribution < -0.4 is 15.6 Å². The molecule has 0 atom stereocenters. The second-order valence-electron chi connectivity index (χ2n) is 6.96. The van der Waals surface area contributed by atoms with E-state index in [-0.39, 0.29) is 24.4 Å². The van der Waals surface area contributed by atoms with E-state index in [0.29, 0.717) is 29.7 Å². The molecule has 0 aliphatic carbocycles. The van der Waals surface area contributed by atoms with E-state index in [1.54, 1.807) is 28.8 Å². The van der Waals surface area contributed by atoms with E-state index in [9.17, 15) is 14.0 Å². The molecular formula is C23H22FN3O3. The molecule has 0 unspecified atom stereocenters. The molecule has 2 heterocycles. The number of aromatic nitrogens is 2. The molecule has 0 aliphatic heterocycles. The van der Waals surface area contributed by atoms with Crippen LogP contribution in [-0.4, -0.2) is 21.5 Å². The van der Waals surface area contributed by atoms with E-state index < -0.39 is 5.82 Å². The van der Waals surface area contributed by atoms with Gasteiger partial charge < -0.3 is 19.0 Å². The highest BCUT2D eigenvalue weighted by molar-refractivity contribution is 5.80. The molecule has 2 aromatic heterocycles. The Morgan fingerprint density at radius 3 is 2.63 bits per heavy atom. The molecule has 0 aliphatic rings. The molecule has 1 amide bonds. The summed E-state index contributed by atoms with van der Waals surface area (Å²) in [6.45, 7) is 3.07. The quantitative estimate of drug-likeness (QED) is 0.510. The van der Waals surface area contributed by atoms with Crippen molar-refractivity contribution in [2.75, 3.05) is 6.61 Å². The van der Waals surface area contributed by atoms with Gasteiger partial charge in [0.2, 0.25) is 5.91 Å². The molecular weight excluding hydrogens is 385 g/mol. The summed E-state index contributed by atoms with van der Waals surface area (Å²) < 4.78 is 22.4. The van der Waals surface area contributed by atoms with Gasteiger partial charge in [-0.05, 0) is 55.0 Å². The molecule has 0 spiro atoms. The van der Waals surface area contributed by atoms with Crippen molar-refractivity contribution in [3.8, 4) is 5.75 Å². The van der Waals surface area contributed by atoms with Crippen LogP contribution in [0.25, 0.3) is 16.6 Å². The van der Waals surface area contributed by atoms with Gasteiger partial charge in [-0.3, -0.25) is 9.59 Å². The molecule has 0 saturated carbocycles. The second kappa shape index (κ2) is 8.41. The monoisotopic (exact) mass is 407 g/mol. The fourth-order valence-electron chi connectivity index (χ4n) is 3.52. The number of nitrogens with one attached hydrogen (secondary N) is 1. The third-order valence-corrected chi connectivity index (χ3v) is 4.99. The van der Waals surface area contributed by atoms with Gasteiger partial charge in [0.05, 0.1) is 17.6 Å². The molecule has 0 fully saturated rings. The van der Waals surface area contributed by atoms with Crippen molar-refractivity contribution in [3.63, 3.8) is 0 Å². The van der Waals surface area contributed by atoms with Crippen molar-refractivity contribution in [3.05, 3.63) is 82.5 Å². The lowest BCUT2D eigenvalue weighted by molar-refractivity contribution is -0.121. The number of ether oxygens (including phenoxy) is 1. The predicted molar refractivity (Wildman–Crippen MR) is 113 cm³/mol. The van der Waals surface area contributed by atoms with Gasteiger partial charge in [0.1, 0.15) is 17.1 Å². The summed E-state index contributed by atoms with van der Waals surface area (Å²) in [4.78, 5) is 25.2. The smallest absolute Gasteiger partial charge is 0.275 e. The number of aryl methyl sites for hydroxylation is 1. The van der Waals surface area contributed by atoms with Crippen LogP contribution in [0.5, 0.6) is 5.75 Å². The average Bonchev–Trinajstić information content (AvgIpc) is 3.23. The number of fused-ring (bicyclic) bond motifs is 3. The van der Waals surface area contributed by atoms with Crippen LogP contribution in [-0.2, 0) is 17.9 Å². The Morgan fingerprint density at radius 2 is 1.87 bits per heavy atom. The standard InChI is InChI=1S/C23H22FN3O3/c1-2-30-18-8-5-16(6-9-18)15-25-22(28)11-13-27-21-14-17(24)7-10-19(21)26-12-3-4-20(26)23(27)29/h3-10,12,14H,2,11,13,15H2,1H3,(H,25,28). The molecule has 4 rings (SSSR count). The number of rotatable bonds is 7. The summed E-state index contributed by atoms with van der Waals surface area (Å²) in [6.07, 6.45) is 1.88. The third-order valence-electron chi connectivity index (χ3n) is 4.99. The topological polar surface area (TPSA) is 64.7 Å². The van der Waals surface area contributed by atoms with Crippen molar-refractivity contribution in [2.45, 2.75) is 26.4 Å². The molecule has 0 saturated heterocycles. The zero-order valence-electron chi connectivity index (χ0n) is 16.6. The Bertz CT molecular complexity index is 1260. The van der Waals surface area contributed by atoms with Crippen molar-refractivity contribution < 1.29 is 13.9 Å². The number of hydrogen-bond acceptors (Lipinski definition) is 3. The predicted octanol–water partition coefficient (Wildman–Crippen LogP) is 3.50. The summed E-state index contributed by atoms with van der Waals surface area (Å²) in [7, 11) is 0. The van der Waals surface area contributed by atoms with Crippen LogP contribution in [0.15, 0.2) is 65.6 Å². The van der Waals surface area contributed by atoms with Gasteiger partial charge in [-0.1, -0.05) is 12.1 Å². The Hall–Kier alpha value is -3.61. The molecule has 4 aromatic rings. The molecule has 7 heteroatoms. The lowest BCUT2D eigenvalue weighted by Crippen LogP contribution is -2.28. The molecule has 2 aromatic carbocycles. The minimum Gasteiger partial charge on any atom is -0.494 e. The maximum Gasteiger partial charge on any atom is 0.275 e. The lowest BCUT2D eigenvalue weighted by atomic mass is 10.2. The van der Waals surface area contributed by atoms with Crippen LogP contribution in [0.3, 0.4) is 0 Å². The summed E-state index contributed by atoms with van der Waals surface area (Å²) in [5.41, 5.74) is 2.36. The van der Waals surface area contributed by atoms with Crippen molar-refractivity contribution in [2.24, 2.45) is 0 Å². The van der Waals surface area contributed by atoms with E-state index in [1.165, 1.54) is 16.7 Å². The minimum absolute atomic E-state index is 0.111.